The van der Waals surface area contributed by atoms with Crippen LogP contribution in [0.4, 0.5) is 17.1 Å². The van der Waals surface area contributed by atoms with Crippen LogP contribution in [0.3, 0.4) is 0 Å². The predicted molar refractivity (Wildman–Crippen MR) is 84.4 cm³/mol. The summed E-state index contributed by atoms with van der Waals surface area (Å²) in [6, 6.07) is 5.63. The topological polar surface area (TPSA) is 91.4 Å². The van der Waals surface area contributed by atoms with Gasteiger partial charge in [0.2, 0.25) is 5.91 Å². The molecule has 0 radical (unpaired) electrons. The number of carbonyl (C=O) groups excluding carboxylic acids is 1. The van der Waals surface area contributed by atoms with Gasteiger partial charge in [-0.25, -0.2) is 0 Å². The number of nitriles is 1. The minimum Gasteiger partial charge on any atom is -0.495 e. The maximum atomic E-state index is 11.2. The first-order valence-electron chi connectivity index (χ1n) is 6.90. The van der Waals surface area contributed by atoms with Crippen molar-refractivity contribution in [3.05, 3.63) is 12.1 Å². The molecule has 3 N–H and O–H groups in total. The van der Waals surface area contributed by atoms with E-state index in [0.29, 0.717) is 30.1 Å². The molecule has 0 aliphatic carbocycles. The zero-order valence-electron chi connectivity index (χ0n) is 12.8. The van der Waals surface area contributed by atoms with E-state index in [2.05, 4.69) is 23.2 Å². The Morgan fingerprint density at radius 1 is 1.48 bits per heavy atom. The standard InChI is InChI=1S/C15H22N4O2/c1-4-7-19(8-5-6-16)14-10-13(18-11(2)20)12(17)9-15(14)21-3/h9-10H,4-5,7-8,17H2,1-3H3,(H,18,20). The van der Waals surface area contributed by atoms with Gasteiger partial charge < -0.3 is 20.7 Å². The van der Waals surface area contributed by atoms with Crippen molar-refractivity contribution in [1.82, 2.24) is 0 Å². The molecule has 0 saturated heterocycles. The third-order valence-electron chi connectivity index (χ3n) is 2.99. The molecule has 0 atom stereocenters. The van der Waals surface area contributed by atoms with E-state index in [0.717, 1.165) is 18.7 Å². The Balaban J connectivity index is 3.21. The summed E-state index contributed by atoms with van der Waals surface area (Å²) in [5.74, 6) is 0.449. The Labute approximate surface area is 125 Å². The number of nitrogens with two attached hydrogens (primary N) is 1. The molecule has 6 heteroatoms. The maximum Gasteiger partial charge on any atom is 0.221 e. The van der Waals surface area contributed by atoms with Gasteiger partial charge in [0.05, 0.1) is 36.7 Å². The first-order chi connectivity index (χ1) is 10.0. The summed E-state index contributed by atoms with van der Waals surface area (Å²) in [6.45, 7) is 4.90. The molecule has 0 aromatic heterocycles. The van der Waals surface area contributed by atoms with Crippen LogP contribution in [-0.2, 0) is 4.79 Å². The van der Waals surface area contributed by atoms with Crippen molar-refractivity contribution in [3.63, 3.8) is 0 Å². The zero-order valence-corrected chi connectivity index (χ0v) is 12.8. The SMILES string of the molecule is CCCN(CCC#N)c1cc(NC(C)=O)c(N)cc1OC. The number of ether oxygens (including phenoxy) is 1. The van der Waals surface area contributed by atoms with Crippen molar-refractivity contribution in [2.75, 3.05) is 36.1 Å². The Hall–Kier alpha value is -2.42. The third kappa shape index (κ3) is 4.56. The number of nitrogens with zero attached hydrogens (tertiary/aromatic N) is 2. The summed E-state index contributed by atoms with van der Waals surface area (Å²) in [7, 11) is 1.57. The van der Waals surface area contributed by atoms with Crippen LogP contribution in [0.1, 0.15) is 26.7 Å². The van der Waals surface area contributed by atoms with Crippen LogP contribution in [0.25, 0.3) is 0 Å². The Bertz CT molecular complexity index is 537. The third-order valence-corrected chi connectivity index (χ3v) is 2.99. The van der Waals surface area contributed by atoms with Crippen LogP contribution < -0.4 is 20.7 Å². The summed E-state index contributed by atoms with van der Waals surface area (Å²) in [6.07, 6.45) is 1.36. The molecule has 0 fully saturated rings. The second-order valence-electron chi connectivity index (χ2n) is 4.69. The van der Waals surface area contributed by atoms with E-state index in [1.165, 1.54) is 6.92 Å². The van der Waals surface area contributed by atoms with E-state index in [4.69, 9.17) is 15.7 Å². The Morgan fingerprint density at radius 2 is 2.19 bits per heavy atom. The largest absolute Gasteiger partial charge is 0.495 e. The van der Waals surface area contributed by atoms with Crippen molar-refractivity contribution in [3.8, 4) is 11.8 Å². The smallest absolute Gasteiger partial charge is 0.221 e. The van der Waals surface area contributed by atoms with Gasteiger partial charge in [-0.15, -0.1) is 0 Å². The average molecular weight is 290 g/mol. The fourth-order valence-electron chi connectivity index (χ4n) is 2.10. The molecule has 0 spiro atoms. The van der Waals surface area contributed by atoms with Crippen LogP contribution in [0.15, 0.2) is 12.1 Å². The summed E-state index contributed by atoms with van der Waals surface area (Å²) >= 11 is 0. The number of amides is 1. The predicted octanol–water partition coefficient (Wildman–Crippen LogP) is 2.37. The quantitative estimate of drug-likeness (QED) is 0.752. The minimum absolute atomic E-state index is 0.183. The van der Waals surface area contributed by atoms with Gasteiger partial charge in [-0.05, 0) is 12.5 Å². The highest BCUT2D eigenvalue weighted by molar-refractivity contribution is 5.94. The molecule has 0 saturated carbocycles. The molecule has 1 aromatic rings. The second kappa shape index (κ2) is 8.00. The van der Waals surface area contributed by atoms with Gasteiger partial charge in [0.1, 0.15) is 5.75 Å². The minimum atomic E-state index is -0.183. The molecule has 0 heterocycles. The molecular formula is C15H22N4O2. The van der Waals surface area contributed by atoms with Crippen molar-refractivity contribution in [2.24, 2.45) is 0 Å². The Kier molecular flexibility index (Phi) is 6.34. The molecular weight excluding hydrogens is 268 g/mol. The summed E-state index contributed by atoms with van der Waals surface area (Å²) < 4.78 is 5.38. The van der Waals surface area contributed by atoms with Crippen LogP contribution in [0.5, 0.6) is 5.75 Å². The number of hydrogen-bond acceptors (Lipinski definition) is 5. The number of benzene rings is 1. The molecule has 0 aliphatic rings. The van der Waals surface area contributed by atoms with E-state index >= 15 is 0 Å². The lowest BCUT2D eigenvalue weighted by Gasteiger charge is -2.26. The number of rotatable bonds is 7. The van der Waals surface area contributed by atoms with Gasteiger partial charge >= 0.3 is 0 Å². The highest BCUT2D eigenvalue weighted by atomic mass is 16.5. The van der Waals surface area contributed by atoms with Gasteiger partial charge in [-0.3, -0.25) is 4.79 Å². The summed E-state index contributed by atoms with van der Waals surface area (Å²) in [4.78, 5) is 13.3. The van der Waals surface area contributed by atoms with Gasteiger partial charge in [0.15, 0.2) is 0 Å². The lowest BCUT2D eigenvalue weighted by molar-refractivity contribution is -0.114. The fraction of sp³-hybridized carbons (Fsp3) is 0.467. The van der Waals surface area contributed by atoms with E-state index in [1.807, 2.05) is 0 Å². The lowest BCUT2D eigenvalue weighted by atomic mass is 10.2. The van der Waals surface area contributed by atoms with Crippen molar-refractivity contribution in [1.29, 1.82) is 5.26 Å². The van der Waals surface area contributed by atoms with E-state index in [-0.39, 0.29) is 5.91 Å². The second-order valence-corrected chi connectivity index (χ2v) is 4.69. The summed E-state index contributed by atoms with van der Waals surface area (Å²) in [5.41, 5.74) is 7.75. The lowest BCUT2D eigenvalue weighted by Crippen LogP contribution is -2.26. The van der Waals surface area contributed by atoms with Crippen molar-refractivity contribution in [2.45, 2.75) is 26.7 Å². The molecule has 0 unspecified atom stereocenters. The molecule has 0 aliphatic heterocycles. The van der Waals surface area contributed by atoms with Crippen LogP contribution in [0, 0.1) is 11.3 Å². The van der Waals surface area contributed by atoms with Crippen LogP contribution in [-0.4, -0.2) is 26.1 Å². The van der Waals surface area contributed by atoms with Crippen molar-refractivity contribution < 1.29 is 9.53 Å². The maximum absolute atomic E-state index is 11.2. The number of hydrogen-bond donors (Lipinski definition) is 2. The first kappa shape index (κ1) is 16.6. The fourth-order valence-corrected chi connectivity index (χ4v) is 2.10. The van der Waals surface area contributed by atoms with E-state index < -0.39 is 0 Å². The number of carbonyl (C=O) groups is 1. The number of nitrogens with one attached hydrogen (secondary N) is 1. The number of methoxy groups -OCH3 is 1. The normalized spacial score (nSPS) is 9.81. The van der Waals surface area contributed by atoms with Gasteiger partial charge in [0.25, 0.3) is 0 Å². The molecule has 21 heavy (non-hydrogen) atoms. The van der Waals surface area contributed by atoms with Crippen LogP contribution in [0.2, 0.25) is 0 Å². The molecule has 6 nitrogen and oxygen atoms in total. The Morgan fingerprint density at radius 3 is 2.71 bits per heavy atom. The average Bonchev–Trinajstić information content (AvgIpc) is 2.45. The highest BCUT2D eigenvalue weighted by Gasteiger charge is 2.15. The first-order valence-corrected chi connectivity index (χ1v) is 6.90. The molecule has 1 aromatic carbocycles. The molecule has 114 valence electrons. The van der Waals surface area contributed by atoms with Gasteiger partial charge in [-0.1, -0.05) is 6.92 Å². The molecule has 1 rings (SSSR count). The van der Waals surface area contributed by atoms with Crippen LogP contribution >= 0.6 is 0 Å². The van der Waals surface area contributed by atoms with Gasteiger partial charge in [-0.2, -0.15) is 5.26 Å². The zero-order chi connectivity index (χ0) is 15.8. The highest BCUT2D eigenvalue weighted by Crippen LogP contribution is 2.36. The summed E-state index contributed by atoms with van der Waals surface area (Å²) in [5, 5.41) is 11.5. The number of nitrogen functional groups attached to an aromatic ring is 1. The van der Waals surface area contributed by atoms with Crippen molar-refractivity contribution >= 4 is 23.0 Å². The van der Waals surface area contributed by atoms with E-state index in [9.17, 15) is 4.79 Å². The molecule has 1 amide bonds. The monoisotopic (exact) mass is 290 g/mol. The molecule has 0 bridgehead atoms. The van der Waals surface area contributed by atoms with E-state index in [1.54, 1.807) is 19.2 Å². The number of anilines is 3. The van der Waals surface area contributed by atoms with Gasteiger partial charge in [0, 0.05) is 26.1 Å².